The standard InChI is InChI=1S/C14H27NO2/c1-14(2,12-7-4-3-5-8-12)11-15-13(17)9-6-10-16/h12,16H,3-11H2,1-2H3,(H,15,17). The molecule has 0 aromatic rings. The van der Waals surface area contributed by atoms with Crippen LogP contribution in [0.15, 0.2) is 0 Å². The maximum atomic E-state index is 11.5. The molecular formula is C14H27NO2. The van der Waals surface area contributed by atoms with E-state index in [0.29, 0.717) is 12.8 Å². The Kier molecular flexibility index (Phi) is 5.96. The lowest BCUT2D eigenvalue weighted by molar-refractivity contribution is -0.122. The molecule has 1 aliphatic carbocycles. The van der Waals surface area contributed by atoms with Crippen molar-refractivity contribution in [1.29, 1.82) is 0 Å². The molecule has 0 unspecified atom stereocenters. The van der Waals surface area contributed by atoms with E-state index in [0.717, 1.165) is 12.5 Å². The fourth-order valence-electron chi connectivity index (χ4n) is 2.68. The lowest BCUT2D eigenvalue weighted by Gasteiger charge is -2.37. The summed E-state index contributed by atoms with van der Waals surface area (Å²) in [5.74, 6) is 0.817. The summed E-state index contributed by atoms with van der Waals surface area (Å²) in [4.78, 5) is 11.5. The van der Waals surface area contributed by atoms with Crippen LogP contribution >= 0.6 is 0 Å². The highest BCUT2D eigenvalue weighted by Gasteiger charge is 2.30. The van der Waals surface area contributed by atoms with Crippen molar-refractivity contribution in [3.8, 4) is 0 Å². The summed E-state index contributed by atoms with van der Waals surface area (Å²) in [6.07, 6.45) is 7.67. The molecule has 0 aromatic carbocycles. The first-order chi connectivity index (χ1) is 8.06. The SMILES string of the molecule is CC(C)(CNC(=O)CCCO)C1CCCCC1. The molecule has 0 heterocycles. The molecule has 1 fully saturated rings. The van der Waals surface area contributed by atoms with Crippen molar-refractivity contribution >= 4 is 5.91 Å². The van der Waals surface area contributed by atoms with Gasteiger partial charge >= 0.3 is 0 Å². The highest BCUT2D eigenvalue weighted by Crippen LogP contribution is 2.37. The lowest BCUT2D eigenvalue weighted by atomic mass is 9.71. The molecule has 0 saturated heterocycles. The number of aliphatic hydroxyl groups excluding tert-OH is 1. The number of amides is 1. The summed E-state index contributed by atoms with van der Waals surface area (Å²) in [5.41, 5.74) is 0.204. The topological polar surface area (TPSA) is 49.3 Å². The van der Waals surface area contributed by atoms with Gasteiger partial charge in [-0.05, 0) is 30.6 Å². The minimum atomic E-state index is 0.0722. The molecule has 3 nitrogen and oxygen atoms in total. The van der Waals surface area contributed by atoms with Crippen LogP contribution in [0.2, 0.25) is 0 Å². The van der Waals surface area contributed by atoms with Gasteiger partial charge in [0.1, 0.15) is 0 Å². The molecule has 0 aromatic heterocycles. The largest absolute Gasteiger partial charge is 0.396 e. The second-order valence-corrected chi connectivity index (χ2v) is 5.93. The van der Waals surface area contributed by atoms with Gasteiger partial charge in [0.05, 0.1) is 0 Å². The molecule has 0 bridgehead atoms. The van der Waals surface area contributed by atoms with Crippen molar-refractivity contribution in [2.45, 2.75) is 58.8 Å². The van der Waals surface area contributed by atoms with Crippen molar-refractivity contribution in [1.82, 2.24) is 5.32 Å². The van der Waals surface area contributed by atoms with Gasteiger partial charge in [-0.1, -0.05) is 33.1 Å². The number of hydrogen-bond acceptors (Lipinski definition) is 2. The minimum absolute atomic E-state index is 0.0722. The van der Waals surface area contributed by atoms with Crippen LogP contribution in [0.3, 0.4) is 0 Å². The monoisotopic (exact) mass is 241 g/mol. The molecule has 0 aliphatic heterocycles. The number of hydrogen-bond donors (Lipinski definition) is 2. The number of carbonyl (C=O) groups excluding carboxylic acids is 1. The Morgan fingerprint density at radius 2 is 1.94 bits per heavy atom. The van der Waals surface area contributed by atoms with Gasteiger partial charge in [0.2, 0.25) is 5.91 Å². The van der Waals surface area contributed by atoms with Gasteiger partial charge in [-0.3, -0.25) is 4.79 Å². The van der Waals surface area contributed by atoms with Crippen molar-refractivity contribution in [3.63, 3.8) is 0 Å². The third-order valence-corrected chi connectivity index (χ3v) is 4.01. The second-order valence-electron chi connectivity index (χ2n) is 5.93. The first kappa shape index (κ1) is 14.5. The van der Waals surface area contributed by atoms with Crippen LogP contribution in [0.25, 0.3) is 0 Å². The maximum absolute atomic E-state index is 11.5. The Morgan fingerprint density at radius 1 is 1.29 bits per heavy atom. The summed E-state index contributed by atoms with van der Waals surface area (Å²) in [5, 5.41) is 11.7. The quantitative estimate of drug-likeness (QED) is 0.750. The van der Waals surface area contributed by atoms with Crippen LogP contribution in [0.1, 0.15) is 58.8 Å². The van der Waals surface area contributed by atoms with Gasteiger partial charge in [-0.2, -0.15) is 0 Å². The van der Waals surface area contributed by atoms with E-state index in [9.17, 15) is 4.79 Å². The Balaban J connectivity index is 2.29. The van der Waals surface area contributed by atoms with Gasteiger partial charge in [-0.15, -0.1) is 0 Å². The van der Waals surface area contributed by atoms with Gasteiger partial charge in [0.25, 0.3) is 0 Å². The van der Waals surface area contributed by atoms with Crippen molar-refractivity contribution in [2.75, 3.05) is 13.2 Å². The van der Waals surface area contributed by atoms with Gasteiger partial charge in [0.15, 0.2) is 0 Å². The summed E-state index contributed by atoms with van der Waals surface area (Å²) >= 11 is 0. The van der Waals surface area contributed by atoms with Gasteiger partial charge in [-0.25, -0.2) is 0 Å². The van der Waals surface area contributed by atoms with Crippen LogP contribution < -0.4 is 5.32 Å². The van der Waals surface area contributed by atoms with Crippen molar-refractivity contribution in [3.05, 3.63) is 0 Å². The molecule has 2 N–H and O–H groups in total. The van der Waals surface area contributed by atoms with E-state index < -0.39 is 0 Å². The molecule has 1 saturated carbocycles. The van der Waals surface area contributed by atoms with E-state index in [1.54, 1.807) is 0 Å². The zero-order valence-electron chi connectivity index (χ0n) is 11.3. The van der Waals surface area contributed by atoms with Crippen LogP contribution in [-0.2, 0) is 4.79 Å². The van der Waals surface area contributed by atoms with E-state index in [4.69, 9.17) is 5.11 Å². The first-order valence-corrected chi connectivity index (χ1v) is 6.94. The van der Waals surface area contributed by atoms with E-state index in [1.807, 2.05) is 0 Å². The Labute approximate surface area is 105 Å². The van der Waals surface area contributed by atoms with Crippen LogP contribution in [-0.4, -0.2) is 24.2 Å². The molecule has 100 valence electrons. The van der Waals surface area contributed by atoms with Crippen molar-refractivity contribution in [2.24, 2.45) is 11.3 Å². The summed E-state index contributed by atoms with van der Waals surface area (Å²) in [7, 11) is 0. The third kappa shape index (κ3) is 5.07. The smallest absolute Gasteiger partial charge is 0.220 e. The Morgan fingerprint density at radius 3 is 2.53 bits per heavy atom. The summed E-state index contributed by atoms with van der Waals surface area (Å²) in [6, 6.07) is 0. The number of carbonyl (C=O) groups is 1. The van der Waals surface area contributed by atoms with Gasteiger partial charge in [0, 0.05) is 19.6 Å². The van der Waals surface area contributed by atoms with E-state index in [-0.39, 0.29) is 17.9 Å². The van der Waals surface area contributed by atoms with Crippen LogP contribution in [0.4, 0.5) is 0 Å². The zero-order valence-corrected chi connectivity index (χ0v) is 11.3. The fraction of sp³-hybridized carbons (Fsp3) is 0.929. The molecule has 0 spiro atoms. The fourth-order valence-corrected chi connectivity index (χ4v) is 2.68. The lowest BCUT2D eigenvalue weighted by Crippen LogP contribution is -2.39. The number of aliphatic hydroxyl groups is 1. The maximum Gasteiger partial charge on any atom is 0.220 e. The molecule has 0 radical (unpaired) electrons. The van der Waals surface area contributed by atoms with Crippen LogP contribution in [0.5, 0.6) is 0 Å². The van der Waals surface area contributed by atoms with Crippen molar-refractivity contribution < 1.29 is 9.90 Å². The zero-order chi connectivity index (χ0) is 12.7. The van der Waals surface area contributed by atoms with E-state index in [1.165, 1.54) is 32.1 Å². The Bertz CT molecular complexity index is 232. The van der Waals surface area contributed by atoms with E-state index in [2.05, 4.69) is 19.2 Å². The molecule has 3 heteroatoms. The normalized spacial score (nSPS) is 18.1. The average Bonchev–Trinajstić information content (AvgIpc) is 2.35. The predicted molar refractivity (Wildman–Crippen MR) is 69.7 cm³/mol. The summed E-state index contributed by atoms with van der Waals surface area (Å²) < 4.78 is 0. The molecule has 1 rings (SSSR count). The minimum Gasteiger partial charge on any atom is -0.396 e. The summed E-state index contributed by atoms with van der Waals surface area (Å²) in [6.45, 7) is 5.38. The average molecular weight is 241 g/mol. The molecule has 17 heavy (non-hydrogen) atoms. The van der Waals surface area contributed by atoms with Crippen LogP contribution in [0, 0.1) is 11.3 Å². The first-order valence-electron chi connectivity index (χ1n) is 6.94. The number of rotatable bonds is 6. The Hall–Kier alpha value is -0.570. The molecule has 1 amide bonds. The molecule has 0 atom stereocenters. The predicted octanol–water partition coefficient (Wildman–Crippen LogP) is 2.48. The molecule has 1 aliphatic rings. The van der Waals surface area contributed by atoms with Gasteiger partial charge < -0.3 is 10.4 Å². The third-order valence-electron chi connectivity index (χ3n) is 4.01. The second kappa shape index (κ2) is 7.00. The van der Waals surface area contributed by atoms with E-state index >= 15 is 0 Å². The highest BCUT2D eigenvalue weighted by atomic mass is 16.3. The highest BCUT2D eigenvalue weighted by molar-refractivity contribution is 5.75. The molecular weight excluding hydrogens is 214 g/mol. The number of nitrogens with one attached hydrogen (secondary N) is 1.